The summed E-state index contributed by atoms with van der Waals surface area (Å²) in [5.74, 6) is -1.17. The van der Waals surface area contributed by atoms with Gasteiger partial charge >= 0.3 is 0 Å². The molecular formula is C10H11NO5S. The summed E-state index contributed by atoms with van der Waals surface area (Å²) in [4.78, 5) is 20.6. The normalized spacial score (nSPS) is 11.1. The van der Waals surface area contributed by atoms with Gasteiger partial charge in [0.15, 0.2) is 9.84 Å². The molecule has 0 atom stereocenters. The summed E-state index contributed by atoms with van der Waals surface area (Å²) in [6.07, 6.45) is 0.0832. The first-order valence-electron chi connectivity index (χ1n) is 4.86. The highest BCUT2D eigenvalue weighted by molar-refractivity contribution is 7.92. The lowest BCUT2D eigenvalue weighted by Crippen LogP contribution is -2.16. The van der Waals surface area contributed by atoms with Gasteiger partial charge in [-0.15, -0.1) is 0 Å². The second kappa shape index (κ2) is 5.05. The molecule has 92 valence electrons. The number of hydrogen-bond donors (Lipinski definition) is 0. The fraction of sp³-hybridized carbons (Fsp3) is 0.300. The number of carbonyl (C=O) groups excluding carboxylic acids is 1. The average molecular weight is 257 g/mol. The Morgan fingerprint density at radius 1 is 1.35 bits per heavy atom. The molecule has 0 unspecified atom stereocenters. The maximum atomic E-state index is 11.8. The van der Waals surface area contributed by atoms with Crippen molar-refractivity contribution in [2.24, 2.45) is 0 Å². The van der Waals surface area contributed by atoms with Gasteiger partial charge in [0, 0.05) is 12.5 Å². The molecule has 0 aliphatic rings. The van der Waals surface area contributed by atoms with Crippen molar-refractivity contribution < 1.29 is 18.1 Å². The number of benzene rings is 1. The molecule has 0 radical (unpaired) electrons. The van der Waals surface area contributed by atoms with Crippen LogP contribution in [0.5, 0.6) is 0 Å². The number of para-hydroxylation sites is 1. The molecule has 0 aliphatic heterocycles. The van der Waals surface area contributed by atoms with Gasteiger partial charge in [-0.3, -0.25) is 14.9 Å². The first-order valence-corrected chi connectivity index (χ1v) is 6.51. The maximum Gasteiger partial charge on any atom is 0.287 e. The van der Waals surface area contributed by atoms with Crippen LogP contribution in [0.25, 0.3) is 0 Å². The molecule has 6 nitrogen and oxygen atoms in total. The second-order valence-corrected chi connectivity index (χ2v) is 5.33. The van der Waals surface area contributed by atoms with Crippen molar-refractivity contribution in [2.75, 3.05) is 5.75 Å². The van der Waals surface area contributed by atoms with Crippen LogP contribution in [0, 0.1) is 10.1 Å². The minimum Gasteiger partial charge on any atom is -0.299 e. The molecule has 0 bridgehead atoms. The average Bonchev–Trinajstić information content (AvgIpc) is 2.28. The Hall–Kier alpha value is -1.76. The van der Waals surface area contributed by atoms with E-state index in [0.29, 0.717) is 0 Å². The van der Waals surface area contributed by atoms with E-state index in [-0.39, 0.29) is 6.42 Å². The molecule has 1 rings (SSSR count). The highest BCUT2D eigenvalue weighted by Crippen LogP contribution is 2.24. The fourth-order valence-electron chi connectivity index (χ4n) is 1.26. The molecule has 0 heterocycles. The molecule has 0 spiro atoms. The summed E-state index contributed by atoms with van der Waals surface area (Å²) in [5, 5.41) is 10.7. The molecule has 0 saturated carbocycles. The van der Waals surface area contributed by atoms with E-state index < -0.39 is 36.9 Å². The van der Waals surface area contributed by atoms with Gasteiger partial charge in [0.1, 0.15) is 16.4 Å². The van der Waals surface area contributed by atoms with E-state index in [0.717, 1.165) is 12.1 Å². The molecule has 0 aromatic heterocycles. The van der Waals surface area contributed by atoms with E-state index in [1.54, 1.807) is 0 Å². The van der Waals surface area contributed by atoms with Crippen LogP contribution in [-0.2, 0) is 14.6 Å². The second-order valence-electron chi connectivity index (χ2n) is 3.38. The van der Waals surface area contributed by atoms with Crippen molar-refractivity contribution in [1.29, 1.82) is 0 Å². The molecule has 0 aliphatic carbocycles. The number of ketones is 1. The number of Topliss-reactive ketones (excluding diaryl/α,β-unsaturated/α-hetero) is 1. The summed E-state index contributed by atoms with van der Waals surface area (Å²) in [6.45, 7) is 1.54. The third-order valence-corrected chi connectivity index (χ3v) is 3.86. The van der Waals surface area contributed by atoms with Gasteiger partial charge in [0.2, 0.25) is 0 Å². The van der Waals surface area contributed by atoms with Crippen LogP contribution in [0.1, 0.15) is 13.3 Å². The molecule has 1 aromatic carbocycles. The zero-order valence-corrected chi connectivity index (χ0v) is 9.94. The molecular weight excluding hydrogens is 246 g/mol. The Morgan fingerprint density at radius 3 is 2.47 bits per heavy atom. The van der Waals surface area contributed by atoms with Crippen molar-refractivity contribution in [1.82, 2.24) is 0 Å². The first kappa shape index (κ1) is 13.3. The van der Waals surface area contributed by atoms with E-state index in [9.17, 15) is 23.3 Å². The lowest BCUT2D eigenvalue weighted by atomic mass is 10.3. The molecule has 17 heavy (non-hydrogen) atoms. The maximum absolute atomic E-state index is 11.8. The Bertz CT molecular complexity index is 550. The smallest absolute Gasteiger partial charge is 0.287 e. The minimum atomic E-state index is -3.94. The number of nitro groups is 1. The van der Waals surface area contributed by atoms with Gasteiger partial charge in [0.05, 0.1) is 4.92 Å². The van der Waals surface area contributed by atoms with E-state index >= 15 is 0 Å². The standard InChI is InChI=1S/C10H11NO5S/c1-2-8(12)7-17(15,16)10-6-4-3-5-9(10)11(13)14/h3-6H,2,7H2,1H3. The van der Waals surface area contributed by atoms with Crippen LogP contribution in [0.4, 0.5) is 5.69 Å². The van der Waals surface area contributed by atoms with Crippen molar-refractivity contribution in [3.05, 3.63) is 34.4 Å². The van der Waals surface area contributed by atoms with Crippen LogP contribution < -0.4 is 0 Å². The largest absolute Gasteiger partial charge is 0.299 e. The van der Waals surface area contributed by atoms with Gasteiger partial charge in [-0.1, -0.05) is 19.1 Å². The minimum absolute atomic E-state index is 0.0832. The fourth-order valence-corrected chi connectivity index (χ4v) is 2.79. The van der Waals surface area contributed by atoms with Crippen molar-refractivity contribution in [3.8, 4) is 0 Å². The summed E-state index contributed by atoms with van der Waals surface area (Å²) >= 11 is 0. The Morgan fingerprint density at radius 2 is 1.94 bits per heavy atom. The van der Waals surface area contributed by atoms with Gasteiger partial charge in [-0.25, -0.2) is 8.42 Å². The SMILES string of the molecule is CCC(=O)CS(=O)(=O)c1ccccc1[N+](=O)[O-]. The zero-order valence-electron chi connectivity index (χ0n) is 9.12. The van der Waals surface area contributed by atoms with Gasteiger partial charge in [-0.2, -0.15) is 0 Å². The molecule has 1 aromatic rings. The van der Waals surface area contributed by atoms with E-state index in [4.69, 9.17) is 0 Å². The molecule has 0 N–H and O–H groups in total. The van der Waals surface area contributed by atoms with Crippen LogP contribution in [0.3, 0.4) is 0 Å². The van der Waals surface area contributed by atoms with Crippen LogP contribution in [-0.4, -0.2) is 24.9 Å². The monoisotopic (exact) mass is 257 g/mol. The predicted molar refractivity (Wildman–Crippen MR) is 60.4 cm³/mol. The van der Waals surface area contributed by atoms with E-state index in [1.165, 1.54) is 19.1 Å². The third-order valence-electron chi connectivity index (χ3n) is 2.14. The van der Waals surface area contributed by atoms with Crippen molar-refractivity contribution in [3.63, 3.8) is 0 Å². The zero-order chi connectivity index (χ0) is 13.1. The van der Waals surface area contributed by atoms with Crippen molar-refractivity contribution in [2.45, 2.75) is 18.2 Å². The van der Waals surface area contributed by atoms with Crippen LogP contribution in [0.15, 0.2) is 29.2 Å². The molecule has 0 saturated heterocycles. The molecule has 7 heteroatoms. The number of nitro benzene ring substituents is 1. The Kier molecular flexibility index (Phi) is 3.95. The van der Waals surface area contributed by atoms with Gasteiger partial charge < -0.3 is 0 Å². The Balaban J connectivity index is 3.24. The number of hydrogen-bond acceptors (Lipinski definition) is 5. The van der Waals surface area contributed by atoms with Crippen LogP contribution in [0.2, 0.25) is 0 Å². The lowest BCUT2D eigenvalue weighted by Gasteiger charge is -2.03. The van der Waals surface area contributed by atoms with Crippen molar-refractivity contribution >= 4 is 21.3 Å². The number of sulfone groups is 1. The lowest BCUT2D eigenvalue weighted by molar-refractivity contribution is -0.387. The number of rotatable bonds is 5. The van der Waals surface area contributed by atoms with E-state index in [2.05, 4.69) is 0 Å². The first-order chi connectivity index (χ1) is 7.88. The predicted octanol–water partition coefficient (Wildman–Crippen LogP) is 1.35. The Labute approximate surface area is 98.3 Å². The highest BCUT2D eigenvalue weighted by Gasteiger charge is 2.26. The summed E-state index contributed by atoms with van der Waals surface area (Å²) in [6, 6.07) is 4.99. The topological polar surface area (TPSA) is 94.3 Å². The van der Waals surface area contributed by atoms with E-state index in [1.807, 2.05) is 0 Å². The quantitative estimate of drug-likeness (QED) is 0.586. The van der Waals surface area contributed by atoms with Gasteiger partial charge in [0.25, 0.3) is 5.69 Å². The summed E-state index contributed by atoms with van der Waals surface area (Å²) in [7, 11) is -3.94. The number of carbonyl (C=O) groups is 1. The number of nitrogens with zero attached hydrogens (tertiary/aromatic N) is 1. The van der Waals surface area contributed by atoms with Gasteiger partial charge in [-0.05, 0) is 6.07 Å². The molecule has 0 amide bonds. The van der Waals surface area contributed by atoms with Crippen LogP contribution >= 0.6 is 0 Å². The third kappa shape index (κ3) is 3.10. The summed E-state index contributed by atoms with van der Waals surface area (Å²) in [5.41, 5.74) is -0.503. The highest BCUT2D eigenvalue weighted by atomic mass is 32.2. The molecule has 0 fully saturated rings. The summed E-state index contributed by atoms with van der Waals surface area (Å²) < 4.78 is 23.6.